The molecule has 1 amide bonds. The van der Waals surface area contributed by atoms with E-state index in [1.54, 1.807) is 0 Å². The van der Waals surface area contributed by atoms with Crippen LogP contribution in [0.2, 0.25) is 0 Å². The summed E-state index contributed by atoms with van der Waals surface area (Å²) in [6.45, 7) is 6.02. The number of hydrogen-bond donors (Lipinski definition) is 1. The van der Waals surface area contributed by atoms with Gasteiger partial charge in [0.1, 0.15) is 0 Å². The number of esters is 1. The third kappa shape index (κ3) is 3.57. The lowest BCUT2D eigenvalue weighted by molar-refractivity contribution is -0.136. The molecule has 1 rings (SSSR count). The smallest absolute Gasteiger partial charge is 0.333 e. The van der Waals surface area contributed by atoms with Gasteiger partial charge in [-0.3, -0.25) is 9.69 Å². The second-order valence-electron chi connectivity index (χ2n) is 4.28. The summed E-state index contributed by atoms with van der Waals surface area (Å²) in [6.07, 6.45) is 3.29. The zero-order chi connectivity index (χ0) is 13.5. The Hall–Kier alpha value is -1.36. The molecule has 5 nitrogen and oxygen atoms in total. The van der Waals surface area contributed by atoms with Gasteiger partial charge in [-0.2, -0.15) is 0 Å². The third-order valence-electron chi connectivity index (χ3n) is 3.23. The van der Waals surface area contributed by atoms with Crippen LogP contribution in [0.15, 0.2) is 11.6 Å². The van der Waals surface area contributed by atoms with Crippen LogP contribution in [0.25, 0.3) is 0 Å². The van der Waals surface area contributed by atoms with Gasteiger partial charge in [0.05, 0.1) is 13.2 Å². The molecule has 1 saturated heterocycles. The van der Waals surface area contributed by atoms with Crippen LogP contribution in [-0.4, -0.2) is 49.6 Å². The SMILES string of the molecule is CCC(=CCN1CCNC(=O)C1CC)C(=O)OC. The first kappa shape index (κ1) is 14.7. The highest BCUT2D eigenvalue weighted by atomic mass is 16.5. The van der Waals surface area contributed by atoms with Crippen LogP contribution in [0.1, 0.15) is 26.7 Å². The van der Waals surface area contributed by atoms with Crippen molar-refractivity contribution in [2.45, 2.75) is 32.7 Å². The van der Waals surface area contributed by atoms with Crippen molar-refractivity contribution >= 4 is 11.9 Å². The summed E-state index contributed by atoms with van der Waals surface area (Å²) in [5.41, 5.74) is 0.665. The maximum atomic E-state index is 11.7. The van der Waals surface area contributed by atoms with E-state index >= 15 is 0 Å². The van der Waals surface area contributed by atoms with Crippen molar-refractivity contribution in [2.75, 3.05) is 26.7 Å². The minimum Gasteiger partial charge on any atom is -0.466 e. The van der Waals surface area contributed by atoms with E-state index in [1.165, 1.54) is 7.11 Å². The van der Waals surface area contributed by atoms with Crippen LogP contribution in [-0.2, 0) is 14.3 Å². The summed E-state index contributed by atoms with van der Waals surface area (Å²) in [5.74, 6) is -0.208. The van der Waals surface area contributed by atoms with Crippen molar-refractivity contribution in [2.24, 2.45) is 0 Å². The van der Waals surface area contributed by atoms with Crippen LogP contribution < -0.4 is 5.32 Å². The van der Waals surface area contributed by atoms with Crippen molar-refractivity contribution in [3.63, 3.8) is 0 Å². The van der Waals surface area contributed by atoms with Crippen LogP contribution in [0.3, 0.4) is 0 Å². The minimum atomic E-state index is -0.285. The predicted octanol–water partition coefficient (Wildman–Crippen LogP) is 0.706. The molecule has 0 saturated carbocycles. The molecule has 1 N–H and O–H groups in total. The zero-order valence-corrected chi connectivity index (χ0v) is 11.4. The van der Waals surface area contributed by atoms with Crippen LogP contribution >= 0.6 is 0 Å². The van der Waals surface area contributed by atoms with Crippen molar-refractivity contribution in [1.29, 1.82) is 0 Å². The number of hydrogen-bond acceptors (Lipinski definition) is 4. The predicted molar refractivity (Wildman–Crippen MR) is 69.1 cm³/mol. The van der Waals surface area contributed by atoms with Gasteiger partial charge in [0.15, 0.2) is 0 Å². The fourth-order valence-corrected chi connectivity index (χ4v) is 2.15. The maximum Gasteiger partial charge on any atom is 0.333 e. The molecule has 1 aliphatic rings. The minimum absolute atomic E-state index is 0.0771. The van der Waals surface area contributed by atoms with Crippen molar-refractivity contribution in [3.8, 4) is 0 Å². The van der Waals surface area contributed by atoms with Crippen molar-refractivity contribution < 1.29 is 14.3 Å². The Morgan fingerprint density at radius 3 is 2.83 bits per heavy atom. The third-order valence-corrected chi connectivity index (χ3v) is 3.23. The Labute approximate surface area is 108 Å². The molecule has 0 aliphatic carbocycles. The molecule has 0 aromatic carbocycles. The lowest BCUT2D eigenvalue weighted by Crippen LogP contribution is -2.54. The van der Waals surface area contributed by atoms with E-state index in [4.69, 9.17) is 4.74 Å². The van der Waals surface area contributed by atoms with E-state index in [0.717, 1.165) is 13.0 Å². The number of rotatable bonds is 5. The molecule has 5 heteroatoms. The fourth-order valence-electron chi connectivity index (χ4n) is 2.15. The van der Waals surface area contributed by atoms with Gasteiger partial charge in [-0.05, 0) is 12.8 Å². The van der Waals surface area contributed by atoms with Crippen LogP contribution in [0.5, 0.6) is 0 Å². The Kier molecular flexibility index (Phi) is 5.85. The average molecular weight is 254 g/mol. The summed E-state index contributed by atoms with van der Waals surface area (Å²) in [4.78, 5) is 25.2. The van der Waals surface area contributed by atoms with E-state index in [0.29, 0.717) is 25.1 Å². The zero-order valence-electron chi connectivity index (χ0n) is 11.4. The Bertz CT molecular complexity index is 339. The Morgan fingerprint density at radius 1 is 1.56 bits per heavy atom. The first-order valence-electron chi connectivity index (χ1n) is 6.43. The molecule has 0 radical (unpaired) electrons. The van der Waals surface area contributed by atoms with Gasteiger partial charge in [-0.25, -0.2) is 4.79 Å². The number of carbonyl (C=O) groups is 2. The normalized spacial score (nSPS) is 21.6. The number of nitrogens with one attached hydrogen (secondary N) is 1. The number of ether oxygens (including phenoxy) is 1. The molecular formula is C13H22N2O3. The molecule has 0 spiro atoms. The van der Waals surface area contributed by atoms with Crippen molar-refractivity contribution in [1.82, 2.24) is 10.2 Å². The summed E-state index contributed by atoms with van der Waals surface area (Å²) in [7, 11) is 1.38. The lowest BCUT2D eigenvalue weighted by Gasteiger charge is -2.33. The first-order chi connectivity index (χ1) is 8.63. The number of piperazine rings is 1. The van der Waals surface area contributed by atoms with Crippen molar-refractivity contribution in [3.05, 3.63) is 11.6 Å². The molecule has 1 aliphatic heterocycles. The van der Waals surface area contributed by atoms with E-state index in [1.807, 2.05) is 19.9 Å². The summed E-state index contributed by atoms with van der Waals surface area (Å²) in [5, 5.41) is 2.86. The van der Waals surface area contributed by atoms with Crippen LogP contribution in [0.4, 0.5) is 0 Å². The molecule has 1 atom stereocenters. The molecule has 0 aromatic rings. The van der Waals surface area contributed by atoms with Gasteiger partial charge in [0, 0.05) is 25.2 Å². The highest BCUT2D eigenvalue weighted by Gasteiger charge is 2.27. The number of carbonyl (C=O) groups excluding carboxylic acids is 2. The quantitative estimate of drug-likeness (QED) is 0.580. The summed E-state index contributed by atoms with van der Waals surface area (Å²) < 4.78 is 4.71. The standard InChI is InChI=1S/C13H22N2O3/c1-4-10(13(17)18-3)6-8-15-9-7-14-12(16)11(15)5-2/h6,11H,4-5,7-9H2,1-3H3,(H,14,16). The highest BCUT2D eigenvalue weighted by molar-refractivity contribution is 5.88. The van der Waals surface area contributed by atoms with Gasteiger partial charge in [-0.15, -0.1) is 0 Å². The van der Waals surface area contributed by atoms with E-state index < -0.39 is 0 Å². The molecule has 0 aromatic heterocycles. The average Bonchev–Trinajstić information content (AvgIpc) is 2.39. The monoisotopic (exact) mass is 254 g/mol. The number of nitrogens with zero attached hydrogens (tertiary/aromatic N) is 1. The molecule has 18 heavy (non-hydrogen) atoms. The van der Waals surface area contributed by atoms with Gasteiger partial charge in [0.25, 0.3) is 0 Å². The molecule has 0 bridgehead atoms. The summed E-state index contributed by atoms with van der Waals surface area (Å²) >= 11 is 0. The number of amides is 1. The van der Waals surface area contributed by atoms with Gasteiger partial charge in [-0.1, -0.05) is 19.9 Å². The Morgan fingerprint density at radius 2 is 2.28 bits per heavy atom. The van der Waals surface area contributed by atoms with Gasteiger partial charge < -0.3 is 10.1 Å². The van der Waals surface area contributed by atoms with E-state index in [2.05, 4.69) is 10.2 Å². The van der Waals surface area contributed by atoms with Crippen LogP contribution in [0, 0.1) is 0 Å². The molecule has 1 fully saturated rings. The van der Waals surface area contributed by atoms with Gasteiger partial charge in [0.2, 0.25) is 5.91 Å². The molecule has 102 valence electrons. The molecular weight excluding hydrogens is 232 g/mol. The summed E-state index contributed by atoms with van der Waals surface area (Å²) in [6, 6.07) is -0.0919. The second kappa shape index (κ2) is 7.16. The van der Waals surface area contributed by atoms with E-state index in [-0.39, 0.29) is 17.9 Å². The molecule has 1 unspecified atom stereocenters. The largest absolute Gasteiger partial charge is 0.466 e. The number of methoxy groups -OCH3 is 1. The first-order valence-corrected chi connectivity index (χ1v) is 6.43. The highest BCUT2D eigenvalue weighted by Crippen LogP contribution is 2.10. The van der Waals surface area contributed by atoms with Gasteiger partial charge >= 0.3 is 5.97 Å². The maximum absolute atomic E-state index is 11.7. The second-order valence-corrected chi connectivity index (χ2v) is 4.28. The molecule has 1 heterocycles. The topological polar surface area (TPSA) is 58.6 Å². The Balaban J connectivity index is 2.67. The van der Waals surface area contributed by atoms with E-state index in [9.17, 15) is 9.59 Å². The lowest BCUT2D eigenvalue weighted by atomic mass is 10.1. The fraction of sp³-hybridized carbons (Fsp3) is 0.692.